The van der Waals surface area contributed by atoms with Gasteiger partial charge in [0.1, 0.15) is 38.5 Å². The molecule has 0 spiro atoms. The van der Waals surface area contributed by atoms with E-state index < -0.39 is 0 Å². The Morgan fingerprint density at radius 2 is 1.76 bits per heavy atom. The van der Waals surface area contributed by atoms with Crippen LogP contribution in [0.1, 0.15) is 16.7 Å². The van der Waals surface area contributed by atoms with Crippen molar-refractivity contribution in [2.75, 3.05) is 46.9 Å². The Kier molecular flexibility index (Phi) is 7.23. The minimum atomic E-state index is 0.179. The molecule has 152 valence electrons. The van der Waals surface area contributed by atoms with Crippen molar-refractivity contribution in [3.8, 4) is 11.8 Å². The lowest BCUT2D eigenvalue weighted by Gasteiger charge is -2.30. The molecular formula is C23H30N4O2+2. The lowest BCUT2D eigenvalue weighted by atomic mass is 10.1. The van der Waals surface area contributed by atoms with Crippen molar-refractivity contribution in [3.05, 3.63) is 65.2 Å². The van der Waals surface area contributed by atoms with Crippen LogP contribution in [-0.2, 0) is 17.9 Å². The molecule has 3 rings (SSSR count). The van der Waals surface area contributed by atoms with E-state index in [2.05, 4.69) is 6.07 Å². The van der Waals surface area contributed by atoms with Gasteiger partial charge in [-0.15, -0.1) is 0 Å². The Morgan fingerprint density at radius 1 is 1.07 bits per heavy atom. The second-order valence-electron chi connectivity index (χ2n) is 7.76. The predicted molar refractivity (Wildman–Crippen MR) is 111 cm³/mol. The first-order valence-electron chi connectivity index (χ1n) is 10.1. The van der Waals surface area contributed by atoms with E-state index in [4.69, 9.17) is 10.00 Å². The molecule has 1 aliphatic rings. The first-order chi connectivity index (χ1) is 14.1. The van der Waals surface area contributed by atoms with Gasteiger partial charge >= 0.3 is 0 Å². The second kappa shape index (κ2) is 10.1. The Morgan fingerprint density at radius 3 is 2.41 bits per heavy atom. The number of nitrogens with zero attached hydrogens (tertiary/aromatic N) is 2. The fraction of sp³-hybridized carbons (Fsp3) is 0.391. The molecule has 0 saturated carbocycles. The molecule has 1 saturated heterocycles. The van der Waals surface area contributed by atoms with Crippen LogP contribution < -0.4 is 14.5 Å². The Hall–Kier alpha value is -2.88. The SMILES string of the molecule is COc1cccc(CN(C)C(=O)C[NH+]2CC[NH+](Cc3ccc(C#N)cc3)CC2)c1. The summed E-state index contributed by atoms with van der Waals surface area (Å²) in [6, 6.07) is 17.9. The van der Waals surface area contributed by atoms with Crippen LogP contribution in [0.2, 0.25) is 0 Å². The number of hydrogen-bond donors (Lipinski definition) is 2. The third-order valence-electron chi connectivity index (χ3n) is 5.58. The van der Waals surface area contributed by atoms with E-state index in [1.165, 1.54) is 15.4 Å². The third kappa shape index (κ3) is 6.05. The van der Waals surface area contributed by atoms with Gasteiger partial charge in [-0.05, 0) is 29.8 Å². The molecule has 6 heteroatoms. The molecule has 1 fully saturated rings. The normalized spacial score (nSPS) is 18.7. The van der Waals surface area contributed by atoms with Crippen LogP contribution in [0.25, 0.3) is 0 Å². The zero-order chi connectivity index (χ0) is 20.6. The molecule has 1 aliphatic heterocycles. The molecule has 0 atom stereocenters. The summed E-state index contributed by atoms with van der Waals surface area (Å²) in [5.74, 6) is 0.994. The lowest BCUT2D eigenvalue weighted by Crippen LogP contribution is -3.28. The smallest absolute Gasteiger partial charge is 0.277 e. The number of hydrogen-bond acceptors (Lipinski definition) is 3. The van der Waals surface area contributed by atoms with Gasteiger partial charge in [-0.25, -0.2) is 0 Å². The summed E-state index contributed by atoms with van der Waals surface area (Å²) in [4.78, 5) is 17.3. The average Bonchev–Trinajstić information content (AvgIpc) is 2.75. The number of methoxy groups -OCH3 is 1. The molecule has 2 aromatic rings. The molecule has 2 N–H and O–H groups in total. The first-order valence-corrected chi connectivity index (χ1v) is 10.1. The van der Waals surface area contributed by atoms with Gasteiger partial charge in [0.15, 0.2) is 6.54 Å². The van der Waals surface area contributed by atoms with Gasteiger partial charge in [-0.2, -0.15) is 5.26 Å². The number of nitriles is 1. The average molecular weight is 395 g/mol. The van der Waals surface area contributed by atoms with E-state index in [0.29, 0.717) is 18.7 Å². The summed E-state index contributed by atoms with van der Waals surface area (Å²) >= 11 is 0. The highest BCUT2D eigenvalue weighted by Crippen LogP contribution is 2.13. The zero-order valence-corrected chi connectivity index (χ0v) is 17.3. The number of carbonyl (C=O) groups excluding carboxylic acids is 1. The van der Waals surface area contributed by atoms with E-state index in [0.717, 1.165) is 44.0 Å². The molecule has 1 heterocycles. The number of piperazine rings is 1. The number of nitrogens with one attached hydrogen (secondary N) is 2. The number of quaternary nitrogens is 2. The summed E-state index contributed by atoms with van der Waals surface area (Å²) in [5.41, 5.74) is 3.04. The van der Waals surface area contributed by atoms with Crippen molar-refractivity contribution in [3.63, 3.8) is 0 Å². The standard InChI is InChI=1S/C23H28N4O2/c1-25(16-21-4-3-5-22(14-21)29-2)23(28)18-27-12-10-26(11-13-27)17-20-8-6-19(15-24)7-9-20/h3-9,14H,10-13,16-18H2,1-2H3/p+2. The third-order valence-corrected chi connectivity index (χ3v) is 5.58. The number of ether oxygens (including phenoxy) is 1. The van der Waals surface area contributed by atoms with E-state index >= 15 is 0 Å². The maximum absolute atomic E-state index is 12.6. The molecule has 0 unspecified atom stereocenters. The maximum Gasteiger partial charge on any atom is 0.277 e. The fourth-order valence-electron chi connectivity index (χ4n) is 3.78. The van der Waals surface area contributed by atoms with Gasteiger partial charge in [0.05, 0.1) is 18.7 Å². The molecule has 1 amide bonds. The van der Waals surface area contributed by atoms with Crippen LogP contribution in [-0.4, -0.2) is 57.7 Å². The van der Waals surface area contributed by atoms with E-state index in [1.54, 1.807) is 12.0 Å². The topological polar surface area (TPSA) is 62.2 Å². The zero-order valence-electron chi connectivity index (χ0n) is 17.3. The van der Waals surface area contributed by atoms with Gasteiger partial charge in [-0.1, -0.05) is 24.3 Å². The molecule has 0 bridgehead atoms. The minimum Gasteiger partial charge on any atom is -0.497 e. The highest BCUT2D eigenvalue weighted by molar-refractivity contribution is 5.76. The van der Waals surface area contributed by atoms with Crippen LogP contribution in [0.4, 0.5) is 0 Å². The highest BCUT2D eigenvalue weighted by atomic mass is 16.5. The van der Waals surface area contributed by atoms with E-state index in [1.807, 2.05) is 55.6 Å². The van der Waals surface area contributed by atoms with E-state index in [-0.39, 0.29) is 5.91 Å². The summed E-state index contributed by atoms with van der Waals surface area (Å²) < 4.78 is 5.26. The molecule has 29 heavy (non-hydrogen) atoms. The maximum atomic E-state index is 12.6. The Balaban J connectivity index is 1.43. The molecule has 0 aliphatic carbocycles. The van der Waals surface area contributed by atoms with Crippen molar-refractivity contribution in [1.29, 1.82) is 5.26 Å². The lowest BCUT2D eigenvalue weighted by molar-refractivity contribution is -1.02. The van der Waals surface area contributed by atoms with Crippen molar-refractivity contribution < 1.29 is 19.3 Å². The van der Waals surface area contributed by atoms with Crippen LogP contribution in [0.15, 0.2) is 48.5 Å². The van der Waals surface area contributed by atoms with Gasteiger partial charge in [0.2, 0.25) is 0 Å². The molecule has 0 radical (unpaired) electrons. The number of carbonyl (C=O) groups is 1. The van der Waals surface area contributed by atoms with Crippen molar-refractivity contribution in [2.45, 2.75) is 13.1 Å². The van der Waals surface area contributed by atoms with Crippen molar-refractivity contribution in [2.24, 2.45) is 0 Å². The number of likely N-dealkylation sites (N-methyl/N-ethyl adjacent to an activating group) is 1. The summed E-state index contributed by atoms with van der Waals surface area (Å²) in [6.07, 6.45) is 0. The quantitative estimate of drug-likeness (QED) is 0.666. The van der Waals surface area contributed by atoms with Gasteiger partial charge < -0.3 is 19.4 Å². The number of benzene rings is 2. The van der Waals surface area contributed by atoms with Gasteiger partial charge in [-0.3, -0.25) is 4.79 Å². The van der Waals surface area contributed by atoms with Gasteiger partial charge in [0.25, 0.3) is 5.91 Å². The monoisotopic (exact) mass is 394 g/mol. The fourth-order valence-corrected chi connectivity index (χ4v) is 3.78. The number of rotatable bonds is 7. The van der Waals surface area contributed by atoms with Crippen LogP contribution in [0.3, 0.4) is 0 Å². The largest absolute Gasteiger partial charge is 0.497 e. The Bertz CT molecular complexity index is 852. The molecule has 2 aromatic carbocycles. The van der Waals surface area contributed by atoms with Crippen LogP contribution in [0, 0.1) is 11.3 Å². The second-order valence-corrected chi connectivity index (χ2v) is 7.76. The van der Waals surface area contributed by atoms with Gasteiger partial charge in [0, 0.05) is 19.2 Å². The number of amides is 1. The molecular weight excluding hydrogens is 364 g/mol. The Labute approximate surface area is 172 Å². The van der Waals surface area contributed by atoms with Crippen LogP contribution >= 0.6 is 0 Å². The summed E-state index contributed by atoms with van der Waals surface area (Å²) in [6.45, 7) is 6.24. The first kappa shape index (κ1) is 20.8. The minimum absolute atomic E-state index is 0.179. The van der Waals surface area contributed by atoms with E-state index in [9.17, 15) is 4.79 Å². The van der Waals surface area contributed by atoms with Crippen molar-refractivity contribution in [1.82, 2.24) is 4.90 Å². The molecule has 6 nitrogen and oxygen atoms in total. The summed E-state index contributed by atoms with van der Waals surface area (Å²) in [5, 5.41) is 8.90. The summed E-state index contributed by atoms with van der Waals surface area (Å²) in [7, 11) is 3.52. The highest BCUT2D eigenvalue weighted by Gasteiger charge is 2.26. The van der Waals surface area contributed by atoms with Crippen LogP contribution in [0.5, 0.6) is 5.75 Å². The predicted octanol–water partition coefficient (Wildman–Crippen LogP) is -0.491. The van der Waals surface area contributed by atoms with Crippen molar-refractivity contribution >= 4 is 5.91 Å². The molecule has 0 aromatic heterocycles.